The number of rotatable bonds is 7. The lowest BCUT2D eigenvalue weighted by Gasteiger charge is -2.21. The quantitative estimate of drug-likeness (QED) is 0.792. The summed E-state index contributed by atoms with van der Waals surface area (Å²) in [6.45, 7) is 4.22. The average molecular weight is 237 g/mol. The highest BCUT2D eigenvalue weighted by atomic mass is 16.5. The van der Waals surface area contributed by atoms with Crippen LogP contribution in [0.3, 0.4) is 0 Å². The molecule has 3 nitrogen and oxygen atoms in total. The molecule has 3 heteroatoms. The van der Waals surface area contributed by atoms with Crippen molar-refractivity contribution in [3.05, 3.63) is 24.2 Å². The van der Waals surface area contributed by atoms with E-state index in [1.165, 1.54) is 24.8 Å². The van der Waals surface area contributed by atoms with Crippen LogP contribution in [-0.2, 0) is 11.2 Å². The normalized spacial score (nSPS) is 21.8. The lowest BCUT2D eigenvalue weighted by molar-refractivity contribution is 0.0945. The summed E-state index contributed by atoms with van der Waals surface area (Å²) in [7, 11) is 0. The van der Waals surface area contributed by atoms with Gasteiger partial charge in [-0.05, 0) is 50.3 Å². The lowest BCUT2D eigenvalue weighted by Crippen LogP contribution is -2.35. The van der Waals surface area contributed by atoms with Crippen molar-refractivity contribution in [1.82, 2.24) is 5.32 Å². The van der Waals surface area contributed by atoms with Gasteiger partial charge in [-0.2, -0.15) is 0 Å². The fourth-order valence-corrected chi connectivity index (χ4v) is 2.43. The Morgan fingerprint density at radius 2 is 2.47 bits per heavy atom. The first kappa shape index (κ1) is 12.7. The van der Waals surface area contributed by atoms with Crippen molar-refractivity contribution in [3.8, 4) is 0 Å². The third kappa shape index (κ3) is 4.17. The maximum absolute atomic E-state index is 5.72. The highest BCUT2D eigenvalue weighted by Gasteiger charge is 2.20. The Morgan fingerprint density at radius 3 is 3.12 bits per heavy atom. The number of furan rings is 1. The zero-order valence-corrected chi connectivity index (χ0v) is 10.7. The molecule has 1 N–H and O–H groups in total. The highest BCUT2D eigenvalue weighted by Crippen LogP contribution is 2.19. The summed E-state index contributed by atoms with van der Waals surface area (Å²) < 4.78 is 10.8. The molecule has 1 aromatic heterocycles. The first-order valence-electron chi connectivity index (χ1n) is 6.74. The number of hydrogen-bond donors (Lipinski definition) is 1. The maximum atomic E-state index is 5.72. The van der Waals surface area contributed by atoms with Crippen molar-refractivity contribution >= 4 is 0 Å². The van der Waals surface area contributed by atoms with Crippen LogP contribution in [0.5, 0.6) is 0 Å². The van der Waals surface area contributed by atoms with Crippen molar-refractivity contribution < 1.29 is 9.15 Å². The van der Waals surface area contributed by atoms with Gasteiger partial charge in [-0.3, -0.25) is 0 Å². The zero-order valence-electron chi connectivity index (χ0n) is 10.7. The van der Waals surface area contributed by atoms with E-state index in [1.807, 2.05) is 6.26 Å². The molecule has 17 heavy (non-hydrogen) atoms. The minimum Gasteiger partial charge on any atom is -0.472 e. The van der Waals surface area contributed by atoms with Gasteiger partial charge in [0.2, 0.25) is 0 Å². The molecule has 96 valence electrons. The fourth-order valence-electron chi connectivity index (χ4n) is 2.43. The molecule has 0 bridgehead atoms. The van der Waals surface area contributed by atoms with Gasteiger partial charge in [-0.1, -0.05) is 6.92 Å². The monoisotopic (exact) mass is 237 g/mol. The predicted molar refractivity (Wildman–Crippen MR) is 68.1 cm³/mol. The molecular weight excluding hydrogens is 214 g/mol. The second kappa shape index (κ2) is 6.82. The molecule has 2 rings (SSSR count). The van der Waals surface area contributed by atoms with Crippen molar-refractivity contribution in [2.24, 2.45) is 0 Å². The number of hydrogen-bond acceptors (Lipinski definition) is 3. The number of ether oxygens (including phenoxy) is 1. The molecule has 1 saturated heterocycles. The second-order valence-electron chi connectivity index (χ2n) is 4.86. The minimum absolute atomic E-state index is 0.455. The first-order valence-corrected chi connectivity index (χ1v) is 6.74. The van der Waals surface area contributed by atoms with Crippen molar-refractivity contribution in [3.63, 3.8) is 0 Å². The average Bonchev–Trinajstić information content (AvgIpc) is 2.99. The summed E-state index contributed by atoms with van der Waals surface area (Å²) in [5, 5.41) is 3.61. The van der Waals surface area contributed by atoms with Crippen LogP contribution in [0, 0.1) is 0 Å². The van der Waals surface area contributed by atoms with E-state index in [4.69, 9.17) is 9.15 Å². The second-order valence-corrected chi connectivity index (χ2v) is 4.86. The standard InChI is InChI=1S/C14H23NO2/c1-2-6-15-13(9-12-5-8-16-11-12)10-14-4-3-7-17-14/h5,8,11,13-15H,2-4,6-7,9-10H2,1H3. The van der Waals surface area contributed by atoms with E-state index >= 15 is 0 Å². The Kier molecular flexibility index (Phi) is 5.08. The Balaban J connectivity index is 1.83. The molecule has 0 aliphatic carbocycles. The van der Waals surface area contributed by atoms with Crippen LogP contribution < -0.4 is 5.32 Å². The smallest absolute Gasteiger partial charge is 0.0935 e. The van der Waals surface area contributed by atoms with Gasteiger partial charge in [0.1, 0.15) is 0 Å². The van der Waals surface area contributed by atoms with E-state index in [-0.39, 0.29) is 0 Å². The Hall–Kier alpha value is -0.800. The van der Waals surface area contributed by atoms with Crippen molar-refractivity contribution in [2.45, 2.75) is 51.2 Å². The Morgan fingerprint density at radius 1 is 1.53 bits per heavy atom. The van der Waals surface area contributed by atoms with Crippen LogP contribution in [0.15, 0.2) is 23.0 Å². The molecule has 1 aliphatic rings. The van der Waals surface area contributed by atoms with Crippen LogP contribution in [-0.4, -0.2) is 25.3 Å². The number of nitrogens with one attached hydrogen (secondary N) is 1. The van der Waals surface area contributed by atoms with Gasteiger partial charge in [-0.15, -0.1) is 0 Å². The van der Waals surface area contributed by atoms with E-state index < -0.39 is 0 Å². The van der Waals surface area contributed by atoms with Crippen molar-refractivity contribution in [1.29, 1.82) is 0 Å². The summed E-state index contributed by atoms with van der Waals surface area (Å²) in [5.41, 5.74) is 1.27. The first-order chi connectivity index (χ1) is 8.38. The van der Waals surface area contributed by atoms with Gasteiger partial charge in [-0.25, -0.2) is 0 Å². The van der Waals surface area contributed by atoms with Gasteiger partial charge in [0, 0.05) is 12.6 Å². The summed E-state index contributed by atoms with van der Waals surface area (Å²) in [6.07, 6.45) is 9.81. The molecule has 1 aliphatic heterocycles. The molecule has 2 heterocycles. The van der Waals surface area contributed by atoms with Crippen molar-refractivity contribution in [2.75, 3.05) is 13.2 Å². The molecule has 0 radical (unpaired) electrons. The molecule has 1 fully saturated rings. The van der Waals surface area contributed by atoms with Gasteiger partial charge in [0.15, 0.2) is 0 Å². The molecule has 0 saturated carbocycles. The molecular formula is C14H23NO2. The minimum atomic E-state index is 0.455. The van der Waals surface area contributed by atoms with Crippen LogP contribution in [0.25, 0.3) is 0 Å². The molecule has 0 aromatic carbocycles. The van der Waals surface area contributed by atoms with E-state index in [2.05, 4.69) is 18.3 Å². The van der Waals surface area contributed by atoms with Gasteiger partial charge in [0.25, 0.3) is 0 Å². The van der Waals surface area contributed by atoms with Gasteiger partial charge in [0.05, 0.1) is 18.6 Å². The third-order valence-electron chi connectivity index (χ3n) is 3.32. The Bertz CT molecular complexity index is 291. The molecule has 0 amide bonds. The van der Waals surface area contributed by atoms with Crippen LogP contribution >= 0.6 is 0 Å². The predicted octanol–water partition coefficient (Wildman–Crippen LogP) is 2.76. The fraction of sp³-hybridized carbons (Fsp3) is 0.714. The third-order valence-corrected chi connectivity index (χ3v) is 3.32. The molecule has 0 spiro atoms. The summed E-state index contributed by atoms with van der Waals surface area (Å²) in [5.74, 6) is 0. The molecule has 2 atom stereocenters. The van der Waals surface area contributed by atoms with E-state index in [9.17, 15) is 0 Å². The Labute approximate surface area is 104 Å². The van der Waals surface area contributed by atoms with Crippen LogP contribution in [0.4, 0.5) is 0 Å². The van der Waals surface area contributed by atoms with Gasteiger partial charge >= 0.3 is 0 Å². The van der Waals surface area contributed by atoms with E-state index in [1.54, 1.807) is 6.26 Å². The van der Waals surface area contributed by atoms with Crippen LogP contribution in [0.2, 0.25) is 0 Å². The summed E-state index contributed by atoms with van der Waals surface area (Å²) in [6, 6.07) is 2.56. The summed E-state index contributed by atoms with van der Waals surface area (Å²) in [4.78, 5) is 0. The molecule has 2 unspecified atom stereocenters. The van der Waals surface area contributed by atoms with Gasteiger partial charge < -0.3 is 14.5 Å². The largest absolute Gasteiger partial charge is 0.472 e. The maximum Gasteiger partial charge on any atom is 0.0935 e. The highest BCUT2D eigenvalue weighted by molar-refractivity contribution is 5.07. The SMILES string of the molecule is CCCNC(Cc1ccoc1)CC1CCCO1. The zero-order chi connectivity index (χ0) is 11.9. The summed E-state index contributed by atoms with van der Waals surface area (Å²) >= 11 is 0. The lowest BCUT2D eigenvalue weighted by atomic mass is 10.0. The van der Waals surface area contributed by atoms with E-state index in [0.29, 0.717) is 12.1 Å². The van der Waals surface area contributed by atoms with E-state index in [0.717, 1.165) is 26.0 Å². The van der Waals surface area contributed by atoms with Crippen LogP contribution in [0.1, 0.15) is 38.2 Å². The molecule has 1 aromatic rings. The topological polar surface area (TPSA) is 34.4 Å².